The van der Waals surface area contributed by atoms with Crippen molar-refractivity contribution in [1.29, 1.82) is 0 Å². The Bertz CT molecular complexity index is 791. The summed E-state index contributed by atoms with van der Waals surface area (Å²) in [4.78, 5) is 15.3. The molecule has 0 atom stereocenters. The van der Waals surface area contributed by atoms with E-state index in [0.717, 1.165) is 6.54 Å². The number of H-pyrrole nitrogens is 2. The van der Waals surface area contributed by atoms with E-state index < -0.39 is 10.1 Å². The maximum absolute atomic E-state index is 10.7. The fourth-order valence-electron chi connectivity index (χ4n) is 1.57. The fraction of sp³-hybridized carbons (Fsp3) is 0.200. The van der Waals surface area contributed by atoms with Gasteiger partial charge in [-0.25, -0.2) is 13.8 Å². The third-order valence-corrected chi connectivity index (χ3v) is 3.52. The number of carbonyl (C=O) groups excluding carboxylic acids is 1. The number of nitrogens with one attached hydrogen (secondary N) is 4. The van der Waals surface area contributed by atoms with Gasteiger partial charge in [0.25, 0.3) is 0 Å². The molecular weight excluding hydrogens is 327 g/mol. The van der Waals surface area contributed by atoms with Crippen LogP contribution in [0.2, 0.25) is 0 Å². The summed E-state index contributed by atoms with van der Waals surface area (Å²) >= 11 is 4.81. The first kappa shape index (κ1) is 18.3. The number of hydrazine groups is 1. The van der Waals surface area contributed by atoms with Gasteiger partial charge in [-0.05, 0) is 30.4 Å². The topological polar surface area (TPSA) is 130 Å². The molecule has 0 saturated carbocycles. The molecule has 1 fully saturated rings. The van der Waals surface area contributed by atoms with Crippen molar-refractivity contribution in [3.05, 3.63) is 23.0 Å². The van der Waals surface area contributed by atoms with Crippen molar-refractivity contribution in [1.82, 2.24) is 20.8 Å². The Labute approximate surface area is 147 Å². The Balaban J connectivity index is 0.000000267. The van der Waals surface area contributed by atoms with E-state index in [9.17, 15) is 17.8 Å². The van der Waals surface area contributed by atoms with Gasteiger partial charge in [-0.2, -0.15) is 0 Å². The van der Waals surface area contributed by atoms with E-state index >= 15 is 0 Å². The van der Waals surface area contributed by atoms with Crippen molar-refractivity contribution in [2.75, 3.05) is 6.54 Å². The van der Waals surface area contributed by atoms with Crippen LogP contribution in [-0.2, 0) is 14.9 Å². The molecule has 0 unspecified atom stereocenters. The Kier molecular flexibility index (Phi) is 6.53. The van der Waals surface area contributed by atoms with Gasteiger partial charge in [-0.1, -0.05) is 0 Å². The van der Waals surface area contributed by atoms with E-state index in [4.69, 9.17) is 12.2 Å². The maximum Gasteiger partial charge on any atom is 1.00 e. The van der Waals surface area contributed by atoms with Crippen molar-refractivity contribution in [3.63, 3.8) is 0 Å². The van der Waals surface area contributed by atoms with Crippen LogP contribution in [0.1, 0.15) is 6.42 Å². The molecular formula is C10H11N4NaO4S2. The van der Waals surface area contributed by atoms with Crippen molar-refractivity contribution < 1.29 is 47.3 Å². The van der Waals surface area contributed by atoms with Crippen LogP contribution in [0, 0.1) is 4.77 Å². The number of aromatic nitrogens is 2. The first-order chi connectivity index (χ1) is 9.36. The molecule has 1 saturated heterocycles. The number of amides is 1. The summed E-state index contributed by atoms with van der Waals surface area (Å²) in [6.45, 7) is 0.777. The Morgan fingerprint density at radius 2 is 1.86 bits per heavy atom. The van der Waals surface area contributed by atoms with E-state index in [-0.39, 0.29) is 40.4 Å². The molecule has 1 aromatic heterocycles. The number of aromatic amines is 2. The normalized spacial score (nSPS) is 14.0. The Morgan fingerprint density at radius 1 is 1.19 bits per heavy atom. The van der Waals surface area contributed by atoms with Crippen LogP contribution >= 0.6 is 12.2 Å². The molecule has 0 bridgehead atoms. The van der Waals surface area contributed by atoms with E-state index in [1.54, 1.807) is 0 Å². The zero-order valence-electron chi connectivity index (χ0n) is 11.1. The molecule has 1 amide bonds. The van der Waals surface area contributed by atoms with Gasteiger partial charge in [0.1, 0.15) is 10.1 Å². The fourth-order valence-corrected chi connectivity index (χ4v) is 2.28. The van der Waals surface area contributed by atoms with E-state index in [1.165, 1.54) is 18.2 Å². The van der Waals surface area contributed by atoms with Gasteiger partial charge in [0.2, 0.25) is 5.91 Å². The van der Waals surface area contributed by atoms with Gasteiger partial charge >= 0.3 is 29.6 Å². The van der Waals surface area contributed by atoms with Gasteiger partial charge < -0.3 is 14.5 Å². The molecule has 2 aromatic rings. The zero-order valence-corrected chi connectivity index (χ0v) is 14.7. The summed E-state index contributed by atoms with van der Waals surface area (Å²) < 4.78 is 32.4. The zero-order chi connectivity index (χ0) is 14.8. The molecule has 0 radical (unpaired) electrons. The number of fused-ring (bicyclic) bond motifs is 1. The summed E-state index contributed by atoms with van der Waals surface area (Å²) in [5.41, 5.74) is 6.28. The van der Waals surface area contributed by atoms with Crippen molar-refractivity contribution >= 4 is 39.3 Å². The second-order valence-electron chi connectivity index (χ2n) is 3.97. The Morgan fingerprint density at radius 3 is 2.33 bits per heavy atom. The van der Waals surface area contributed by atoms with Gasteiger partial charge in [-0.15, -0.1) is 0 Å². The first-order valence-electron chi connectivity index (χ1n) is 5.56. The number of hydrogen-bond acceptors (Lipinski definition) is 6. The third kappa shape index (κ3) is 5.18. The van der Waals surface area contributed by atoms with E-state index in [0.29, 0.717) is 22.2 Å². The monoisotopic (exact) mass is 338 g/mol. The van der Waals surface area contributed by atoms with Crippen LogP contribution in [0.5, 0.6) is 0 Å². The number of rotatable bonds is 1. The third-order valence-electron chi connectivity index (χ3n) is 2.48. The maximum atomic E-state index is 10.7. The molecule has 4 N–H and O–H groups in total. The van der Waals surface area contributed by atoms with Crippen molar-refractivity contribution in [3.8, 4) is 0 Å². The summed E-state index contributed by atoms with van der Waals surface area (Å²) in [7, 11) is -4.40. The molecule has 1 aliphatic rings. The van der Waals surface area contributed by atoms with E-state index in [1.807, 2.05) is 0 Å². The predicted molar refractivity (Wildman–Crippen MR) is 72.2 cm³/mol. The first-order valence-corrected chi connectivity index (χ1v) is 7.37. The number of benzene rings is 1. The van der Waals surface area contributed by atoms with Crippen LogP contribution in [0.25, 0.3) is 11.0 Å². The average molecular weight is 338 g/mol. The number of hydrogen-bond donors (Lipinski definition) is 4. The largest absolute Gasteiger partial charge is 1.00 e. The van der Waals surface area contributed by atoms with Gasteiger partial charge in [0, 0.05) is 13.0 Å². The van der Waals surface area contributed by atoms with Crippen LogP contribution in [0.15, 0.2) is 23.1 Å². The SMILES string of the molecule is O=C1CCNN1.O=S(=O)([O-])c1ccc2[nH]c(=S)[nH]c2c1.[Na+]. The predicted octanol–water partition coefficient (Wildman–Crippen LogP) is -2.86. The minimum atomic E-state index is -4.40. The molecule has 1 aromatic carbocycles. The number of imidazole rings is 1. The summed E-state index contributed by atoms with van der Waals surface area (Å²) in [6, 6.07) is 3.99. The van der Waals surface area contributed by atoms with Gasteiger partial charge in [0.15, 0.2) is 4.77 Å². The second-order valence-corrected chi connectivity index (χ2v) is 5.75. The summed E-state index contributed by atoms with van der Waals surface area (Å²) in [6.07, 6.45) is 0.625. The molecule has 11 heteroatoms. The molecule has 2 heterocycles. The van der Waals surface area contributed by atoms with Gasteiger partial charge in [0.05, 0.1) is 15.9 Å². The summed E-state index contributed by atoms with van der Waals surface area (Å²) in [5, 5.41) is 0. The smallest absolute Gasteiger partial charge is 0.744 e. The van der Waals surface area contributed by atoms with Gasteiger partial charge in [-0.3, -0.25) is 10.2 Å². The molecule has 108 valence electrons. The minimum Gasteiger partial charge on any atom is -0.744 e. The number of carbonyl (C=O) groups is 1. The molecule has 21 heavy (non-hydrogen) atoms. The van der Waals surface area contributed by atoms with Crippen LogP contribution in [0.4, 0.5) is 0 Å². The van der Waals surface area contributed by atoms with Crippen LogP contribution in [0.3, 0.4) is 0 Å². The van der Waals surface area contributed by atoms with Crippen molar-refractivity contribution in [2.24, 2.45) is 0 Å². The van der Waals surface area contributed by atoms with Crippen LogP contribution in [-0.4, -0.2) is 35.4 Å². The van der Waals surface area contributed by atoms with Crippen molar-refractivity contribution in [2.45, 2.75) is 11.3 Å². The second kappa shape index (κ2) is 7.49. The van der Waals surface area contributed by atoms with E-state index in [2.05, 4.69) is 20.8 Å². The quantitative estimate of drug-likeness (QED) is 0.251. The molecule has 1 aliphatic heterocycles. The summed E-state index contributed by atoms with van der Waals surface area (Å²) in [5.74, 6) is 0.0926. The minimum absolute atomic E-state index is 0. The molecule has 0 spiro atoms. The molecule has 8 nitrogen and oxygen atoms in total. The molecule has 0 aliphatic carbocycles. The molecule has 3 rings (SSSR count). The standard InChI is InChI=1S/C7H6N2O3S2.C3H6N2O.Na/c10-14(11,12)4-1-2-5-6(3-4)9-7(13)8-5;6-3-1-2-4-5-3;/h1-3H,(H2,8,9,13)(H,10,11,12);4H,1-2H2,(H,5,6);/q;;+1/p-1. The van der Waals surface area contributed by atoms with Crippen LogP contribution < -0.4 is 40.4 Å². The Hall–Kier alpha value is -0.750. The average Bonchev–Trinajstić information content (AvgIpc) is 2.95.